The molecule has 0 unspecified atom stereocenters. The van der Waals surface area contributed by atoms with Crippen LogP contribution in [0.1, 0.15) is 41.1 Å². The Labute approximate surface area is 167 Å². The van der Waals surface area contributed by atoms with E-state index in [0.717, 1.165) is 38.9 Å². The second-order valence-electron chi connectivity index (χ2n) is 7.64. The summed E-state index contributed by atoms with van der Waals surface area (Å²) in [5.74, 6) is 0.503. The molecule has 0 bridgehead atoms. The van der Waals surface area contributed by atoms with Gasteiger partial charge in [-0.2, -0.15) is 4.31 Å². The third kappa shape index (κ3) is 3.90. The Morgan fingerprint density at radius 3 is 2.32 bits per heavy atom. The molecule has 0 N–H and O–H groups in total. The molecule has 28 heavy (non-hydrogen) atoms. The molecule has 2 aromatic rings. The van der Waals surface area contributed by atoms with Crippen LogP contribution >= 0.6 is 0 Å². The van der Waals surface area contributed by atoms with E-state index in [1.807, 2.05) is 0 Å². The van der Waals surface area contributed by atoms with Crippen molar-refractivity contribution in [2.75, 3.05) is 32.7 Å². The van der Waals surface area contributed by atoms with Gasteiger partial charge in [0.1, 0.15) is 0 Å². The van der Waals surface area contributed by atoms with Crippen LogP contribution in [-0.2, 0) is 10.0 Å². The van der Waals surface area contributed by atoms with Gasteiger partial charge in [0.15, 0.2) is 5.78 Å². The topological polar surface area (TPSA) is 57.7 Å². The normalized spacial score (nSPS) is 20.8. The standard InChI is InChI=1S/C22H26N2O3S/c25-21-17-24(28(26,27)22-10-5-4-9-20(21)22)14-6-13-23-15-11-19(12-16-23)18-7-2-1-3-8-18/h1-5,7-10,19H,6,11-17H2. The Morgan fingerprint density at radius 2 is 1.57 bits per heavy atom. The van der Waals surface area contributed by atoms with E-state index in [0.29, 0.717) is 18.0 Å². The van der Waals surface area contributed by atoms with Gasteiger partial charge in [0, 0.05) is 12.1 Å². The number of sulfonamides is 1. The summed E-state index contributed by atoms with van der Waals surface area (Å²) in [5.41, 5.74) is 1.74. The smallest absolute Gasteiger partial charge is 0.244 e. The Balaban J connectivity index is 1.30. The molecule has 1 saturated heterocycles. The number of carbonyl (C=O) groups excluding carboxylic acids is 1. The summed E-state index contributed by atoms with van der Waals surface area (Å²) >= 11 is 0. The van der Waals surface area contributed by atoms with Crippen LogP contribution < -0.4 is 0 Å². The lowest BCUT2D eigenvalue weighted by Gasteiger charge is -2.33. The molecule has 2 aromatic carbocycles. The van der Waals surface area contributed by atoms with Gasteiger partial charge in [-0.1, -0.05) is 42.5 Å². The molecule has 1 fully saturated rings. The molecule has 0 amide bonds. The van der Waals surface area contributed by atoms with E-state index in [1.165, 1.54) is 15.9 Å². The lowest BCUT2D eigenvalue weighted by atomic mass is 9.89. The van der Waals surface area contributed by atoms with Crippen LogP contribution in [-0.4, -0.2) is 56.1 Å². The fourth-order valence-electron chi connectivity index (χ4n) is 4.28. The maximum atomic E-state index is 12.8. The van der Waals surface area contributed by atoms with Gasteiger partial charge in [0.2, 0.25) is 10.0 Å². The minimum Gasteiger partial charge on any atom is -0.303 e. The summed E-state index contributed by atoms with van der Waals surface area (Å²) in [6.07, 6.45) is 3.01. The van der Waals surface area contributed by atoms with Crippen LogP contribution in [0.2, 0.25) is 0 Å². The second-order valence-corrected chi connectivity index (χ2v) is 9.54. The molecule has 0 radical (unpaired) electrons. The molecule has 0 spiro atoms. The molecule has 2 aliphatic rings. The number of likely N-dealkylation sites (tertiary alicyclic amines) is 1. The van der Waals surface area contributed by atoms with Crippen LogP contribution in [0.25, 0.3) is 0 Å². The summed E-state index contributed by atoms with van der Waals surface area (Å²) in [5, 5.41) is 0. The summed E-state index contributed by atoms with van der Waals surface area (Å²) in [6, 6.07) is 17.2. The maximum absolute atomic E-state index is 12.8. The Morgan fingerprint density at radius 1 is 0.893 bits per heavy atom. The molecule has 2 aliphatic heterocycles. The average Bonchev–Trinajstić information content (AvgIpc) is 2.73. The number of piperidine rings is 1. The van der Waals surface area contributed by atoms with E-state index in [-0.39, 0.29) is 17.2 Å². The molecular weight excluding hydrogens is 372 g/mol. The first-order valence-corrected chi connectivity index (χ1v) is 11.4. The van der Waals surface area contributed by atoms with Crippen molar-refractivity contribution >= 4 is 15.8 Å². The molecule has 5 nitrogen and oxygen atoms in total. The highest BCUT2D eigenvalue weighted by molar-refractivity contribution is 7.89. The van der Waals surface area contributed by atoms with Gasteiger partial charge < -0.3 is 4.90 Å². The third-order valence-corrected chi connectivity index (χ3v) is 7.77. The van der Waals surface area contributed by atoms with E-state index in [9.17, 15) is 13.2 Å². The van der Waals surface area contributed by atoms with E-state index >= 15 is 0 Å². The number of Topliss-reactive ketones (excluding diaryl/α,β-unsaturated/α-hetero) is 1. The SMILES string of the molecule is O=C1CN(CCCN2CCC(c3ccccc3)CC2)S(=O)(=O)c2ccccc21. The van der Waals surface area contributed by atoms with E-state index in [4.69, 9.17) is 0 Å². The molecule has 4 rings (SSSR count). The molecule has 0 aromatic heterocycles. The van der Waals surface area contributed by atoms with Crippen molar-refractivity contribution < 1.29 is 13.2 Å². The number of fused-ring (bicyclic) bond motifs is 1. The van der Waals surface area contributed by atoms with E-state index < -0.39 is 10.0 Å². The van der Waals surface area contributed by atoms with Crippen LogP contribution in [0.15, 0.2) is 59.5 Å². The quantitative estimate of drug-likeness (QED) is 0.776. The number of benzene rings is 2. The Kier molecular flexibility index (Phi) is 5.62. The van der Waals surface area contributed by atoms with Crippen molar-refractivity contribution in [3.05, 3.63) is 65.7 Å². The lowest BCUT2D eigenvalue weighted by molar-refractivity contribution is 0.0953. The van der Waals surface area contributed by atoms with E-state index in [1.54, 1.807) is 18.2 Å². The molecule has 0 aliphatic carbocycles. The minimum absolute atomic E-state index is 0.0462. The van der Waals surface area contributed by atoms with Crippen molar-refractivity contribution in [1.29, 1.82) is 0 Å². The van der Waals surface area contributed by atoms with Crippen molar-refractivity contribution in [3.63, 3.8) is 0 Å². The van der Waals surface area contributed by atoms with Gasteiger partial charge in [-0.05, 0) is 62.5 Å². The fraction of sp³-hybridized carbons (Fsp3) is 0.409. The number of hydrogen-bond acceptors (Lipinski definition) is 4. The largest absolute Gasteiger partial charge is 0.303 e. The monoisotopic (exact) mass is 398 g/mol. The molecule has 6 heteroatoms. The average molecular weight is 399 g/mol. The first-order valence-electron chi connectivity index (χ1n) is 9.95. The molecule has 148 valence electrons. The Hall–Kier alpha value is -2.02. The van der Waals surface area contributed by atoms with Gasteiger partial charge in [-0.15, -0.1) is 0 Å². The Bertz CT molecular complexity index is 935. The summed E-state index contributed by atoms with van der Waals surface area (Å²) in [6.45, 7) is 3.28. The van der Waals surface area contributed by atoms with Crippen molar-refractivity contribution in [2.45, 2.75) is 30.1 Å². The molecule has 0 saturated carbocycles. The van der Waals surface area contributed by atoms with Crippen LogP contribution in [0.5, 0.6) is 0 Å². The highest BCUT2D eigenvalue weighted by Gasteiger charge is 2.35. The number of nitrogens with zero attached hydrogens (tertiary/aromatic N) is 2. The number of ketones is 1. The number of hydrogen-bond donors (Lipinski definition) is 0. The van der Waals surface area contributed by atoms with Crippen molar-refractivity contribution in [1.82, 2.24) is 9.21 Å². The van der Waals surface area contributed by atoms with Crippen LogP contribution in [0.3, 0.4) is 0 Å². The summed E-state index contributed by atoms with van der Waals surface area (Å²) in [4.78, 5) is 14.9. The lowest BCUT2D eigenvalue weighted by Crippen LogP contribution is -2.42. The second kappa shape index (κ2) is 8.15. The molecular formula is C22H26N2O3S. The van der Waals surface area contributed by atoms with Crippen LogP contribution in [0.4, 0.5) is 0 Å². The third-order valence-electron chi connectivity index (χ3n) is 5.87. The maximum Gasteiger partial charge on any atom is 0.244 e. The highest BCUT2D eigenvalue weighted by atomic mass is 32.2. The van der Waals surface area contributed by atoms with Gasteiger partial charge in [0.25, 0.3) is 0 Å². The predicted molar refractivity (Wildman–Crippen MR) is 109 cm³/mol. The minimum atomic E-state index is -3.57. The van der Waals surface area contributed by atoms with Crippen molar-refractivity contribution in [2.24, 2.45) is 0 Å². The van der Waals surface area contributed by atoms with Crippen molar-refractivity contribution in [3.8, 4) is 0 Å². The van der Waals surface area contributed by atoms with Gasteiger partial charge in [-0.3, -0.25) is 4.79 Å². The fourth-order valence-corrected chi connectivity index (χ4v) is 5.92. The highest BCUT2D eigenvalue weighted by Crippen LogP contribution is 2.28. The molecule has 0 atom stereocenters. The zero-order chi connectivity index (χ0) is 19.6. The predicted octanol–water partition coefficient (Wildman–Crippen LogP) is 3.14. The first-order chi connectivity index (χ1) is 13.6. The summed E-state index contributed by atoms with van der Waals surface area (Å²) in [7, 11) is -3.57. The van der Waals surface area contributed by atoms with Gasteiger partial charge >= 0.3 is 0 Å². The van der Waals surface area contributed by atoms with Crippen LogP contribution in [0, 0.1) is 0 Å². The van der Waals surface area contributed by atoms with Gasteiger partial charge in [-0.25, -0.2) is 8.42 Å². The summed E-state index contributed by atoms with van der Waals surface area (Å²) < 4.78 is 26.9. The molecule has 2 heterocycles. The number of rotatable bonds is 5. The van der Waals surface area contributed by atoms with E-state index in [2.05, 4.69) is 35.2 Å². The zero-order valence-electron chi connectivity index (χ0n) is 16.0. The first kappa shape index (κ1) is 19.3. The van der Waals surface area contributed by atoms with Gasteiger partial charge in [0.05, 0.1) is 11.4 Å². The zero-order valence-corrected chi connectivity index (χ0v) is 16.8. The number of carbonyl (C=O) groups is 1.